The van der Waals surface area contributed by atoms with E-state index in [0.29, 0.717) is 6.54 Å². The molecule has 1 aliphatic rings. The number of hydrogen-bond donors (Lipinski definition) is 2. The fourth-order valence-corrected chi connectivity index (χ4v) is 3.19. The minimum absolute atomic E-state index is 0.183. The Hall–Kier alpha value is -0.570. The fraction of sp³-hybridized carbons (Fsp3) is 0.938. The van der Waals surface area contributed by atoms with Crippen molar-refractivity contribution in [1.29, 1.82) is 0 Å². The van der Waals surface area contributed by atoms with Crippen molar-refractivity contribution in [2.75, 3.05) is 13.1 Å². The molecule has 0 aromatic carbocycles. The fourth-order valence-electron chi connectivity index (χ4n) is 3.19. The number of carboxylic acid groups (broad SMARTS) is 1. The van der Waals surface area contributed by atoms with Crippen LogP contribution in [0.4, 0.5) is 0 Å². The molecule has 0 amide bonds. The Labute approximate surface area is 118 Å². The molecule has 1 saturated carbocycles. The number of nitrogens with one attached hydrogen (secondary N) is 1. The predicted octanol–water partition coefficient (Wildman–Crippen LogP) is 3.54. The Morgan fingerprint density at radius 2 is 1.84 bits per heavy atom. The summed E-state index contributed by atoms with van der Waals surface area (Å²) in [5.74, 6) is 0.0130. The first kappa shape index (κ1) is 16.5. The number of aliphatic carboxylic acids is 1. The molecule has 112 valence electrons. The highest BCUT2D eigenvalue weighted by Gasteiger charge is 2.31. The van der Waals surface area contributed by atoms with Crippen molar-refractivity contribution < 1.29 is 9.90 Å². The summed E-state index contributed by atoms with van der Waals surface area (Å²) in [6.45, 7) is 10.1. The predicted molar refractivity (Wildman–Crippen MR) is 79.2 cm³/mol. The van der Waals surface area contributed by atoms with E-state index in [1.807, 2.05) is 13.8 Å². The lowest BCUT2D eigenvalue weighted by atomic mass is 9.71. The summed E-state index contributed by atoms with van der Waals surface area (Å²) in [6.07, 6.45) is 6.77. The van der Waals surface area contributed by atoms with Crippen LogP contribution in [0.25, 0.3) is 0 Å². The highest BCUT2D eigenvalue weighted by Crippen LogP contribution is 2.37. The standard InChI is InChI=1S/C16H31NO2/c1-12(2)14(15(18)19)10-17-11-16(3,4)13-8-6-5-7-9-13/h12-14,17H,5-11H2,1-4H3,(H,18,19). The Bertz CT molecular complexity index is 280. The molecule has 2 N–H and O–H groups in total. The van der Waals surface area contributed by atoms with Crippen molar-refractivity contribution in [2.45, 2.75) is 59.8 Å². The Morgan fingerprint density at radius 3 is 2.32 bits per heavy atom. The van der Waals surface area contributed by atoms with Crippen molar-refractivity contribution in [3.63, 3.8) is 0 Å². The largest absolute Gasteiger partial charge is 0.481 e. The lowest BCUT2D eigenvalue weighted by Crippen LogP contribution is -2.40. The summed E-state index contributed by atoms with van der Waals surface area (Å²) in [7, 11) is 0. The first-order chi connectivity index (χ1) is 8.84. The smallest absolute Gasteiger partial charge is 0.308 e. The van der Waals surface area contributed by atoms with Crippen LogP contribution in [0.3, 0.4) is 0 Å². The van der Waals surface area contributed by atoms with E-state index in [9.17, 15) is 9.90 Å². The van der Waals surface area contributed by atoms with Crippen molar-refractivity contribution in [3.05, 3.63) is 0 Å². The van der Waals surface area contributed by atoms with Gasteiger partial charge in [-0.25, -0.2) is 0 Å². The van der Waals surface area contributed by atoms with Gasteiger partial charge in [0.25, 0.3) is 0 Å². The van der Waals surface area contributed by atoms with E-state index in [4.69, 9.17) is 0 Å². The molecule has 0 bridgehead atoms. The second-order valence-electron chi connectivity index (χ2n) is 7.14. The van der Waals surface area contributed by atoms with Gasteiger partial charge in [-0.05, 0) is 30.1 Å². The molecule has 0 spiro atoms. The van der Waals surface area contributed by atoms with Crippen LogP contribution in [0.1, 0.15) is 59.8 Å². The maximum absolute atomic E-state index is 11.2. The quantitative estimate of drug-likeness (QED) is 0.743. The zero-order valence-corrected chi connectivity index (χ0v) is 13.0. The van der Waals surface area contributed by atoms with Gasteiger partial charge >= 0.3 is 5.97 Å². The van der Waals surface area contributed by atoms with Crippen molar-refractivity contribution in [3.8, 4) is 0 Å². The molecule has 3 heteroatoms. The minimum atomic E-state index is -0.682. The Kier molecular flexibility index (Phi) is 6.31. The van der Waals surface area contributed by atoms with E-state index in [1.165, 1.54) is 32.1 Å². The van der Waals surface area contributed by atoms with Crippen LogP contribution in [-0.2, 0) is 4.79 Å². The third-order valence-electron chi connectivity index (χ3n) is 4.78. The molecule has 0 radical (unpaired) electrons. The van der Waals surface area contributed by atoms with Gasteiger partial charge in [0.15, 0.2) is 0 Å². The summed E-state index contributed by atoms with van der Waals surface area (Å²) in [4.78, 5) is 11.2. The SMILES string of the molecule is CC(C)C(CNCC(C)(C)C1CCCCC1)C(=O)O. The summed E-state index contributed by atoms with van der Waals surface area (Å²) >= 11 is 0. The van der Waals surface area contributed by atoms with Crippen LogP contribution in [-0.4, -0.2) is 24.2 Å². The zero-order chi connectivity index (χ0) is 14.5. The van der Waals surface area contributed by atoms with Crippen LogP contribution >= 0.6 is 0 Å². The van der Waals surface area contributed by atoms with E-state index in [1.54, 1.807) is 0 Å². The van der Waals surface area contributed by atoms with Gasteiger partial charge < -0.3 is 10.4 Å². The molecule has 0 heterocycles. The lowest BCUT2D eigenvalue weighted by Gasteiger charge is -2.37. The van der Waals surface area contributed by atoms with Gasteiger partial charge in [-0.2, -0.15) is 0 Å². The Morgan fingerprint density at radius 1 is 1.26 bits per heavy atom. The van der Waals surface area contributed by atoms with Crippen LogP contribution in [0.15, 0.2) is 0 Å². The van der Waals surface area contributed by atoms with Crippen LogP contribution in [0.2, 0.25) is 0 Å². The van der Waals surface area contributed by atoms with E-state index < -0.39 is 5.97 Å². The average Bonchev–Trinajstić information content (AvgIpc) is 2.34. The van der Waals surface area contributed by atoms with Gasteiger partial charge in [-0.3, -0.25) is 4.79 Å². The maximum atomic E-state index is 11.2. The molecule has 0 saturated heterocycles. The second kappa shape index (κ2) is 7.28. The zero-order valence-electron chi connectivity index (χ0n) is 13.0. The first-order valence-corrected chi connectivity index (χ1v) is 7.78. The average molecular weight is 269 g/mol. The van der Waals surface area contributed by atoms with Crippen molar-refractivity contribution in [1.82, 2.24) is 5.32 Å². The lowest BCUT2D eigenvalue weighted by molar-refractivity contribution is -0.143. The molecule has 1 fully saturated rings. The van der Waals surface area contributed by atoms with Crippen molar-refractivity contribution in [2.24, 2.45) is 23.2 Å². The van der Waals surface area contributed by atoms with Gasteiger partial charge in [0, 0.05) is 13.1 Å². The molecule has 0 aliphatic heterocycles. The summed E-state index contributed by atoms with van der Waals surface area (Å²) in [5.41, 5.74) is 0.278. The topological polar surface area (TPSA) is 49.3 Å². The molecule has 3 nitrogen and oxygen atoms in total. The highest BCUT2D eigenvalue weighted by atomic mass is 16.4. The maximum Gasteiger partial charge on any atom is 0.308 e. The van der Waals surface area contributed by atoms with Crippen molar-refractivity contribution >= 4 is 5.97 Å². The van der Waals surface area contributed by atoms with Gasteiger partial charge in [0.05, 0.1) is 5.92 Å². The normalized spacial score (nSPS) is 19.6. The van der Waals surface area contributed by atoms with Gasteiger partial charge in [-0.15, -0.1) is 0 Å². The third-order valence-corrected chi connectivity index (χ3v) is 4.78. The summed E-state index contributed by atoms with van der Waals surface area (Å²) < 4.78 is 0. The molecule has 1 rings (SSSR count). The van der Waals surface area contributed by atoms with E-state index in [-0.39, 0.29) is 17.3 Å². The molecular formula is C16H31NO2. The van der Waals surface area contributed by atoms with Gasteiger partial charge in [-0.1, -0.05) is 47.0 Å². The van der Waals surface area contributed by atoms with E-state index >= 15 is 0 Å². The molecule has 0 aromatic rings. The molecule has 1 unspecified atom stereocenters. The molecule has 19 heavy (non-hydrogen) atoms. The monoisotopic (exact) mass is 269 g/mol. The molecule has 0 aromatic heterocycles. The van der Waals surface area contributed by atoms with E-state index in [0.717, 1.165) is 12.5 Å². The molecular weight excluding hydrogens is 238 g/mol. The highest BCUT2D eigenvalue weighted by molar-refractivity contribution is 5.70. The van der Waals surface area contributed by atoms with E-state index in [2.05, 4.69) is 19.2 Å². The number of carboxylic acids is 1. The van der Waals surface area contributed by atoms with Gasteiger partial charge in [0.1, 0.15) is 0 Å². The van der Waals surface area contributed by atoms with Crippen LogP contribution < -0.4 is 5.32 Å². The molecule has 1 aliphatic carbocycles. The second-order valence-corrected chi connectivity index (χ2v) is 7.14. The number of carbonyl (C=O) groups is 1. The van der Waals surface area contributed by atoms with Gasteiger partial charge in [0.2, 0.25) is 0 Å². The summed E-state index contributed by atoms with van der Waals surface area (Å²) in [5, 5.41) is 12.6. The first-order valence-electron chi connectivity index (χ1n) is 7.78. The number of rotatable bonds is 7. The minimum Gasteiger partial charge on any atom is -0.481 e. The number of hydrogen-bond acceptors (Lipinski definition) is 2. The third kappa shape index (κ3) is 5.13. The van der Waals surface area contributed by atoms with Crippen LogP contribution in [0.5, 0.6) is 0 Å². The summed E-state index contributed by atoms with van der Waals surface area (Å²) in [6, 6.07) is 0. The van der Waals surface area contributed by atoms with Crippen LogP contribution in [0, 0.1) is 23.2 Å². The Balaban J connectivity index is 2.39. The molecule has 1 atom stereocenters.